The van der Waals surface area contributed by atoms with E-state index in [1.807, 2.05) is 0 Å². The maximum absolute atomic E-state index is 13.8. The maximum atomic E-state index is 13.8. The van der Waals surface area contributed by atoms with Crippen LogP contribution in [0, 0.1) is 5.82 Å². The average molecular weight is 339 g/mol. The van der Waals surface area contributed by atoms with Gasteiger partial charge < -0.3 is 10.1 Å². The van der Waals surface area contributed by atoms with Gasteiger partial charge in [0.15, 0.2) is 0 Å². The van der Waals surface area contributed by atoms with Gasteiger partial charge in [-0.1, -0.05) is 12.5 Å². The Morgan fingerprint density at radius 1 is 1.36 bits per heavy atom. The van der Waals surface area contributed by atoms with Crippen LogP contribution in [0.5, 0.6) is 5.75 Å². The Hall–Kier alpha value is -1.15. The Morgan fingerprint density at radius 3 is 2.55 bits per heavy atom. The van der Waals surface area contributed by atoms with E-state index in [-0.39, 0.29) is 16.9 Å². The molecule has 0 aliphatic heterocycles. The van der Waals surface area contributed by atoms with E-state index in [0.29, 0.717) is 6.54 Å². The largest absolute Gasteiger partial charge is 0.573 e. The Labute approximate surface area is 128 Å². The first-order valence-corrected chi connectivity index (χ1v) is 8.37. The molecule has 1 aromatic carbocycles. The highest BCUT2D eigenvalue weighted by atomic mass is 32.2. The molecule has 0 radical (unpaired) electrons. The zero-order valence-electron chi connectivity index (χ0n) is 12.0. The lowest BCUT2D eigenvalue weighted by molar-refractivity contribution is -0.275. The van der Waals surface area contributed by atoms with E-state index in [1.54, 1.807) is 6.26 Å². The van der Waals surface area contributed by atoms with Gasteiger partial charge in [-0.3, -0.25) is 4.21 Å². The summed E-state index contributed by atoms with van der Waals surface area (Å²) in [6, 6.07) is 3.32. The minimum Gasteiger partial charge on any atom is -0.405 e. The molecular weight excluding hydrogens is 322 g/mol. The number of benzene rings is 1. The fourth-order valence-corrected chi connectivity index (χ4v) is 3.65. The quantitative estimate of drug-likeness (QED) is 0.810. The molecule has 0 saturated heterocycles. The smallest absolute Gasteiger partial charge is 0.405 e. The number of halogens is 4. The third kappa shape index (κ3) is 3.98. The lowest BCUT2D eigenvalue weighted by Crippen LogP contribution is -2.49. The van der Waals surface area contributed by atoms with Gasteiger partial charge in [0.2, 0.25) is 0 Å². The minimum absolute atomic E-state index is 0.114. The average Bonchev–Trinajstić information content (AvgIpc) is 2.32. The van der Waals surface area contributed by atoms with Crippen molar-refractivity contribution in [2.75, 3.05) is 12.8 Å². The number of ether oxygens (including phenoxy) is 1. The molecule has 1 aliphatic rings. The van der Waals surface area contributed by atoms with E-state index in [9.17, 15) is 21.8 Å². The summed E-state index contributed by atoms with van der Waals surface area (Å²) >= 11 is 0. The molecule has 3 nitrogen and oxygen atoms in total. The molecule has 1 fully saturated rings. The third-order valence-corrected chi connectivity index (χ3v) is 5.70. The highest BCUT2D eigenvalue weighted by Crippen LogP contribution is 2.36. The third-order valence-electron chi connectivity index (χ3n) is 3.93. The normalized spacial score (nSPS) is 18.6. The van der Waals surface area contributed by atoms with Crippen molar-refractivity contribution in [3.63, 3.8) is 0 Å². The van der Waals surface area contributed by atoms with Crippen LogP contribution in [-0.4, -0.2) is 28.1 Å². The fourth-order valence-electron chi connectivity index (χ4n) is 2.48. The number of alkyl halides is 3. The standard InChI is InChI=1S/C14H17F4NO2S/c1-22(20)13(6-3-7-13)9-19-8-10-11(15)4-2-5-12(10)21-14(16,17)18/h2,4-5,19H,3,6-9H2,1H3/t22-/m0/s1. The van der Waals surface area contributed by atoms with E-state index in [2.05, 4.69) is 10.1 Å². The highest BCUT2D eigenvalue weighted by Gasteiger charge is 2.40. The topological polar surface area (TPSA) is 38.3 Å². The summed E-state index contributed by atoms with van der Waals surface area (Å²) in [7, 11) is -1.03. The van der Waals surface area contributed by atoms with E-state index < -0.39 is 28.7 Å². The zero-order valence-corrected chi connectivity index (χ0v) is 12.8. The van der Waals surface area contributed by atoms with Crippen LogP contribution in [0.1, 0.15) is 24.8 Å². The van der Waals surface area contributed by atoms with Crippen molar-refractivity contribution in [3.05, 3.63) is 29.6 Å². The number of hydrogen-bond donors (Lipinski definition) is 1. The van der Waals surface area contributed by atoms with Crippen LogP contribution in [0.25, 0.3) is 0 Å². The molecule has 1 atom stereocenters. The molecule has 1 N–H and O–H groups in total. The summed E-state index contributed by atoms with van der Waals surface area (Å²) in [6.07, 6.45) is -0.688. The molecule has 2 rings (SSSR count). The number of rotatable bonds is 6. The van der Waals surface area contributed by atoms with Crippen molar-refractivity contribution in [1.29, 1.82) is 0 Å². The second-order valence-electron chi connectivity index (χ2n) is 5.36. The van der Waals surface area contributed by atoms with Crippen molar-refractivity contribution in [3.8, 4) is 5.75 Å². The van der Waals surface area contributed by atoms with Gasteiger partial charge in [-0.2, -0.15) is 0 Å². The fraction of sp³-hybridized carbons (Fsp3) is 0.571. The van der Waals surface area contributed by atoms with Gasteiger partial charge in [0.1, 0.15) is 11.6 Å². The van der Waals surface area contributed by atoms with Crippen LogP contribution in [0.2, 0.25) is 0 Å². The van der Waals surface area contributed by atoms with Crippen LogP contribution in [0.15, 0.2) is 18.2 Å². The van der Waals surface area contributed by atoms with Gasteiger partial charge in [0.25, 0.3) is 0 Å². The molecule has 0 bridgehead atoms. The molecule has 8 heteroatoms. The molecule has 0 amide bonds. The molecule has 0 spiro atoms. The van der Waals surface area contributed by atoms with Crippen LogP contribution in [0.4, 0.5) is 17.6 Å². The van der Waals surface area contributed by atoms with Gasteiger partial charge >= 0.3 is 6.36 Å². The summed E-state index contributed by atoms with van der Waals surface area (Å²) in [5.74, 6) is -1.32. The zero-order chi connectivity index (χ0) is 16.4. The minimum atomic E-state index is -4.87. The van der Waals surface area contributed by atoms with E-state index in [0.717, 1.165) is 37.5 Å². The summed E-state index contributed by atoms with van der Waals surface area (Å²) < 4.78 is 66.0. The van der Waals surface area contributed by atoms with Crippen molar-refractivity contribution < 1.29 is 26.5 Å². The molecule has 22 heavy (non-hydrogen) atoms. The van der Waals surface area contributed by atoms with E-state index >= 15 is 0 Å². The Balaban J connectivity index is 2.04. The van der Waals surface area contributed by atoms with E-state index in [1.165, 1.54) is 0 Å². The van der Waals surface area contributed by atoms with Crippen LogP contribution in [0.3, 0.4) is 0 Å². The lowest BCUT2D eigenvalue weighted by Gasteiger charge is -2.40. The van der Waals surface area contributed by atoms with Crippen molar-refractivity contribution in [1.82, 2.24) is 5.32 Å². The second-order valence-corrected chi connectivity index (χ2v) is 7.13. The van der Waals surface area contributed by atoms with Crippen LogP contribution in [-0.2, 0) is 17.3 Å². The molecular formula is C14H17F4NO2S. The Morgan fingerprint density at radius 2 is 2.05 bits per heavy atom. The van der Waals surface area contributed by atoms with Gasteiger partial charge in [0.05, 0.1) is 4.75 Å². The Bertz CT molecular complexity index is 558. The second kappa shape index (κ2) is 6.54. The molecule has 0 unspecified atom stereocenters. The summed E-state index contributed by atoms with van der Waals surface area (Å²) in [5.41, 5.74) is -0.184. The first kappa shape index (κ1) is 17.2. The van der Waals surface area contributed by atoms with Gasteiger partial charge in [0, 0.05) is 35.7 Å². The van der Waals surface area contributed by atoms with Crippen LogP contribution >= 0.6 is 0 Å². The van der Waals surface area contributed by atoms with Crippen molar-refractivity contribution >= 4 is 10.8 Å². The molecule has 1 saturated carbocycles. The van der Waals surface area contributed by atoms with Crippen molar-refractivity contribution in [2.24, 2.45) is 0 Å². The van der Waals surface area contributed by atoms with Gasteiger partial charge in [-0.05, 0) is 25.0 Å². The molecule has 0 aromatic heterocycles. The lowest BCUT2D eigenvalue weighted by atomic mass is 9.84. The molecule has 0 heterocycles. The van der Waals surface area contributed by atoms with E-state index in [4.69, 9.17) is 0 Å². The molecule has 1 aromatic rings. The monoisotopic (exact) mass is 339 g/mol. The summed E-state index contributed by atoms with van der Waals surface area (Å²) in [5, 5.41) is 2.91. The Kier molecular flexibility index (Phi) is 5.11. The highest BCUT2D eigenvalue weighted by molar-refractivity contribution is 7.85. The molecule has 124 valence electrons. The van der Waals surface area contributed by atoms with Gasteiger partial charge in [-0.25, -0.2) is 4.39 Å². The summed E-state index contributed by atoms with van der Waals surface area (Å²) in [6.45, 7) is 0.257. The molecule has 1 aliphatic carbocycles. The predicted molar refractivity (Wildman–Crippen MR) is 75.4 cm³/mol. The predicted octanol–water partition coefficient (Wildman–Crippen LogP) is 3.12. The number of hydrogen-bond acceptors (Lipinski definition) is 3. The first-order valence-electron chi connectivity index (χ1n) is 6.81. The number of nitrogens with one attached hydrogen (secondary N) is 1. The SMILES string of the molecule is C[S@](=O)C1(CNCc2c(F)cccc2OC(F)(F)F)CCC1. The van der Waals surface area contributed by atoms with Crippen molar-refractivity contribution in [2.45, 2.75) is 36.9 Å². The maximum Gasteiger partial charge on any atom is 0.573 e. The summed E-state index contributed by atoms with van der Waals surface area (Å²) in [4.78, 5) is 0. The van der Waals surface area contributed by atoms with Gasteiger partial charge in [-0.15, -0.1) is 13.2 Å². The first-order chi connectivity index (χ1) is 10.2. The van der Waals surface area contributed by atoms with Crippen LogP contribution < -0.4 is 10.1 Å².